The van der Waals surface area contributed by atoms with Crippen LogP contribution in [0.15, 0.2) is 16.7 Å². The van der Waals surface area contributed by atoms with Crippen LogP contribution in [-0.2, 0) is 6.54 Å². The minimum Gasteiger partial charge on any atom is -0.190 e. The average Bonchev–Trinajstić information content (AvgIpc) is 1.96. The fraction of sp³-hybridized carbons (Fsp3) is 0.500. The lowest BCUT2D eigenvalue weighted by Crippen LogP contribution is -2.38. The molecule has 2 heteroatoms. The monoisotopic (exact) mass is 228 g/mol. The zero-order valence-electron chi connectivity index (χ0n) is 7.89. The van der Waals surface area contributed by atoms with Crippen molar-refractivity contribution < 1.29 is 4.57 Å². The molecule has 0 saturated heterocycles. The van der Waals surface area contributed by atoms with Gasteiger partial charge >= 0.3 is 0 Å². The zero-order valence-corrected chi connectivity index (χ0v) is 9.48. The zero-order chi connectivity index (χ0) is 9.14. The Balaban J connectivity index is 3.10. The summed E-state index contributed by atoms with van der Waals surface area (Å²) in [5, 5.41) is 0. The highest BCUT2D eigenvalue weighted by molar-refractivity contribution is 9.10. The Labute approximate surface area is 82.6 Å². The molecule has 0 aliphatic carbocycles. The van der Waals surface area contributed by atoms with E-state index < -0.39 is 0 Å². The molecule has 0 spiro atoms. The molecule has 1 nitrogen and oxygen atoms in total. The first kappa shape index (κ1) is 9.72. The van der Waals surface area contributed by atoms with E-state index in [2.05, 4.69) is 53.4 Å². The van der Waals surface area contributed by atoms with Crippen LogP contribution in [0.5, 0.6) is 0 Å². The third-order valence-corrected chi connectivity index (χ3v) is 2.57. The summed E-state index contributed by atoms with van der Waals surface area (Å²) < 4.78 is 3.47. The second kappa shape index (κ2) is 4.04. The minimum atomic E-state index is 1.09. The molecule has 0 N–H and O–H groups in total. The smallest absolute Gasteiger partial charge is 0.190 e. The van der Waals surface area contributed by atoms with Gasteiger partial charge in [-0.25, -0.2) is 0 Å². The molecule has 0 saturated carbocycles. The van der Waals surface area contributed by atoms with Crippen molar-refractivity contribution in [3.05, 3.63) is 28.0 Å². The number of aryl methyl sites for hydroxylation is 2. The molecule has 0 aliphatic rings. The Morgan fingerprint density at radius 1 is 1.33 bits per heavy atom. The van der Waals surface area contributed by atoms with Gasteiger partial charge in [0, 0.05) is 41.4 Å². The number of nitrogens with zero attached hydrogens (tertiary/aromatic N) is 1. The summed E-state index contributed by atoms with van der Waals surface area (Å²) in [7, 11) is 0. The van der Waals surface area contributed by atoms with Crippen LogP contribution in [0, 0.1) is 13.8 Å². The summed E-state index contributed by atoms with van der Waals surface area (Å²) in [6.45, 7) is 7.55. The highest BCUT2D eigenvalue weighted by Gasteiger charge is 2.10. The predicted octanol–water partition coefficient (Wildman–Crippen LogP) is 2.76. The molecule has 1 aromatic rings. The van der Waals surface area contributed by atoms with E-state index in [0.717, 1.165) is 6.54 Å². The number of pyridine rings is 1. The first-order valence-corrected chi connectivity index (χ1v) is 5.11. The van der Waals surface area contributed by atoms with E-state index in [4.69, 9.17) is 0 Å². The molecule has 0 unspecified atom stereocenters. The van der Waals surface area contributed by atoms with Gasteiger partial charge in [-0.3, -0.25) is 0 Å². The summed E-state index contributed by atoms with van der Waals surface area (Å²) in [6.07, 6.45) is 1.17. The van der Waals surface area contributed by atoms with Crippen molar-refractivity contribution >= 4 is 15.9 Å². The first-order chi connectivity index (χ1) is 5.65. The molecule has 0 aliphatic heterocycles. The summed E-state index contributed by atoms with van der Waals surface area (Å²) in [6, 6.07) is 4.36. The topological polar surface area (TPSA) is 3.88 Å². The molecule has 0 amide bonds. The fourth-order valence-electron chi connectivity index (χ4n) is 1.39. The molecule has 12 heavy (non-hydrogen) atoms. The minimum absolute atomic E-state index is 1.09. The van der Waals surface area contributed by atoms with E-state index >= 15 is 0 Å². The van der Waals surface area contributed by atoms with Crippen molar-refractivity contribution in [3.8, 4) is 0 Å². The number of rotatable bonds is 2. The molecule has 0 radical (unpaired) electrons. The maximum Gasteiger partial charge on any atom is 0.248 e. The molecule has 1 aromatic heterocycles. The van der Waals surface area contributed by atoms with E-state index in [1.165, 1.54) is 22.3 Å². The maximum atomic E-state index is 3.56. The average molecular weight is 229 g/mol. The number of halogens is 1. The molecule has 1 heterocycles. The van der Waals surface area contributed by atoms with E-state index in [-0.39, 0.29) is 0 Å². The van der Waals surface area contributed by atoms with Crippen molar-refractivity contribution in [1.29, 1.82) is 0 Å². The van der Waals surface area contributed by atoms with Crippen LogP contribution in [0.4, 0.5) is 0 Å². The highest BCUT2D eigenvalue weighted by atomic mass is 79.9. The van der Waals surface area contributed by atoms with Gasteiger partial charge in [-0.1, -0.05) is 6.92 Å². The van der Waals surface area contributed by atoms with Crippen molar-refractivity contribution in [3.63, 3.8) is 0 Å². The summed E-state index contributed by atoms with van der Waals surface area (Å²) >= 11 is 3.56. The third kappa shape index (κ3) is 2.07. The van der Waals surface area contributed by atoms with Gasteiger partial charge in [-0.05, 0) is 12.5 Å². The van der Waals surface area contributed by atoms with Gasteiger partial charge in [0.25, 0.3) is 0 Å². The van der Waals surface area contributed by atoms with Gasteiger partial charge in [0.15, 0.2) is 5.69 Å². The van der Waals surface area contributed by atoms with Crippen molar-refractivity contribution in [2.45, 2.75) is 33.7 Å². The van der Waals surface area contributed by atoms with Gasteiger partial charge in [-0.15, -0.1) is 0 Å². The van der Waals surface area contributed by atoms with Crippen molar-refractivity contribution in [2.75, 3.05) is 0 Å². The maximum absolute atomic E-state index is 3.56. The van der Waals surface area contributed by atoms with E-state index in [1.807, 2.05) is 0 Å². The predicted molar refractivity (Wildman–Crippen MR) is 54.1 cm³/mol. The molecule has 66 valence electrons. The SMILES string of the molecule is CCC[n+]1c(C)cc(C)cc1Br. The van der Waals surface area contributed by atoms with Crippen LogP contribution in [0.2, 0.25) is 0 Å². The van der Waals surface area contributed by atoms with Crippen LogP contribution in [0.3, 0.4) is 0 Å². The summed E-state index contributed by atoms with van der Waals surface area (Å²) in [4.78, 5) is 0. The van der Waals surface area contributed by atoms with Crippen LogP contribution >= 0.6 is 15.9 Å². The molecular weight excluding hydrogens is 214 g/mol. The molecule has 0 bridgehead atoms. The van der Waals surface area contributed by atoms with Gasteiger partial charge in [0.2, 0.25) is 4.60 Å². The highest BCUT2D eigenvalue weighted by Crippen LogP contribution is 2.08. The van der Waals surface area contributed by atoms with Crippen molar-refractivity contribution in [2.24, 2.45) is 0 Å². The van der Waals surface area contributed by atoms with Crippen LogP contribution < -0.4 is 4.57 Å². The Kier molecular flexibility index (Phi) is 3.27. The second-order valence-electron chi connectivity index (χ2n) is 3.15. The second-order valence-corrected chi connectivity index (χ2v) is 3.96. The normalized spacial score (nSPS) is 10.3. The third-order valence-electron chi connectivity index (χ3n) is 1.91. The molecule has 0 fully saturated rings. The Hall–Kier alpha value is -0.370. The quantitative estimate of drug-likeness (QED) is 0.542. The Bertz CT molecular complexity index is 258. The molecule has 0 aromatic carbocycles. The van der Waals surface area contributed by atoms with Gasteiger partial charge in [0.05, 0.1) is 0 Å². The van der Waals surface area contributed by atoms with Gasteiger partial charge in [-0.2, -0.15) is 4.57 Å². The van der Waals surface area contributed by atoms with Gasteiger partial charge < -0.3 is 0 Å². The number of hydrogen-bond acceptors (Lipinski definition) is 0. The van der Waals surface area contributed by atoms with Crippen LogP contribution in [0.25, 0.3) is 0 Å². The molecular formula is C10H15BrN+. The fourth-order valence-corrected chi connectivity index (χ4v) is 2.21. The van der Waals surface area contributed by atoms with E-state index in [1.54, 1.807) is 0 Å². The lowest BCUT2D eigenvalue weighted by atomic mass is 10.2. The van der Waals surface area contributed by atoms with E-state index in [9.17, 15) is 0 Å². The van der Waals surface area contributed by atoms with Crippen LogP contribution in [0.1, 0.15) is 24.6 Å². The number of aromatic nitrogens is 1. The standard InChI is InChI=1S/C10H15BrN/c1-4-5-12-9(3)6-8(2)7-10(12)11/h6-7H,4-5H2,1-3H3/q+1. The Morgan fingerprint density at radius 3 is 2.50 bits per heavy atom. The van der Waals surface area contributed by atoms with Crippen molar-refractivity contribution in [1.82, 2.24) is 0 Å². The van der Waals surface area contributed by atoms with E-state index in [0.29, 0.717) is 0 Å². The largest absolute Gasteiger partial charge is 0.248 e. The lowest BCUT2D eigenvalue weighted by Gasteiger charge is -2.02. The summed E-state index contributed by atoms with van der Waals surface area (Å²) in [5.41, 5.74) is 2.63. The Morgan fingerprint density at radius 2 is 2.00 bits per heavy atom. The molecule has 1 rings (SSSR count). The van der Waals surface area contributed by atoms with Gasteiger partial charge in [0.1, 0.15) is 6.54 Å². The number of hydrogen-bond donors (Lipinski definition) is 0. The lowest BCUT2D eigenvalue weighted by molar-refractivity contribution is -0.713. The first-order valence-electron chi connectivity index (χ1n) is 4.31. The van der Waals surface area contributed by atoms with Crippen LogP contribution in [-0.4, -0.2) is 0 Å². The molecule has 0 atom stereocenters. The summed E-state index contributed by atoms with van der Waals surface area (Å²) in [5.74, 6) is 0.